The zero-order valence-corrected chi connectivity index (χ0v) is 17.1. The van der Waals surface area contributed by atoms with E-state index in [1.54, 1.807) is 13.8 Å². The van der Waals surface area contributed by atoms with E-state index in [-0.39, 0.29) is 5.91 Å². The van der Waals surface area contributed by atoms with Gasteiger partial charge in [0.1, 0.15) is 5.69 Å². The van der Waals surface area contributed by atoms with Gasteiger partial charge in [-0.25, -0.2) is 4.79 Å². The van der Waals surface area contributed by atoms with Crippen LogP contribution in [-0.4, -0.2) is 59.9 Å². The third-order valence-corrected chi connectivity index (χ3v) is 5.41. The molecule has 1 N–H and O–H groups in total. The molecule has 1 saturated heterocycles. The molecular formula is C22H26N4O3. The lowest BCUT2D eigenvalue weighted by atomic mass is 10.1. The van der Waals surface area contributed by atoms with E-state index in [0.29, 0.717) is 41.2 Å². The topological polar surface area (TPSA) is 89.4 Å². The van der Waals surface area contributed by atoms with Gasteiger partial charge in [0, 0.05) is 38.4 Å². The second-order valence-electron chi connectivity index (χ2n) is 7.35. The Bertz CT molecular complexity index is 940. The average molecular weight is 394 g/mol. The second-order valence-corrected chi connectivity index (χ2v) is 7.35. The first-order chi connectivity index (χ1) is 13.9. The van der Waals surface area contributed by atoms with Crippen molar-refractivity contribution in [3.63, 3.8) is 0 Å². The monoisotopic (exact) mass is 394 g/mol. The Morgan fingerprint density at radius 1 is 1.14 bits per heavy atom. The molecule has 3 rings (SSSR count). The Morgan fingerprint density at radius 2 is 1.86 bits per heavy atom. The Kier molecular flexibility index (Phi) is 6.35. The van der Waals surface area contributed by atoms with Crippen LogP contribution in [0.3, 0.4) is 0 Å². The van der Waals surface area contributed by atoms with E-state index in [4.69, 9.17) is 10.00 Å². The van der Waals surface area contributed by atoms with Crippen LogP contribution in [0.5, 0.6) is 0 Å². The molecule has 0 radical (unpaired) electrons. The van der Waals surface area contributed by atoms with E-state index >= 15 is 0 Å². The third kappa shape index (κ3) is 4.49. The maximum atomic E-state index is 13.1. The fourth-order valence-corrected chi connectivity index (χ4v) is 3.81. The summed E-state index contributed by atoms with van der Waals surface area (Å²) in [6.45, 7) is 7.32. The molecule has 0 unspecified atom stereocenters. The molecule has 152 valence electrons. The molecule has 7 heteroatoms. The van der Waals surface area contributed by atoms with Gasteiger partial charge in [-0.15, -0.1) is 0 Å². The lowest BCUT2D eigenvalue weighted by Gasteiger charge is -2.22. The highest BCUT2D eigenvalue weighted by molar-refractivity contribution is 6.00. The summed E-state index contributed by atoms with van der Waals surface area (Å²) in [5, 5.41) is 8.92. The van der Waals surface area contributed by atoms with E-state index in [1.807, 2.05) is 29.2 Å². The van der Waals surface area contributed by atoms with Gasteiger partial charge in [-0.1, -0.05) is 12.1 Å². The number of aromatic amines is 1. The number of aryl methyl sites for hydroxylation is 1. The van der Waals surface area contributed by atoms with Crippen molar-refractivity contribution in [2.45, 2.75) is 26.8 Å². The summed E-state index contributed by atoms with van der Waals surface area (Å²) in [5.41, 5.74) is 4.00. The van der Waals surface area contributed by atoms with Crippen LogP contribution in [0.1, 0.15) is 49.7 Å². The summed E-state index contributed by atoms with van der Waals surface area (Å²) < 4.78 is 4.83. The number of esters is 1. The Balaban J connectivity index is 1.67. The van der Waals surface area contributed by atoms with Crippen LogP contribution in [0, 0.1) is 25.2 Å². The molecule has 0 saturated carbocycles. The molecule has 0 spiro atoms. The summed E-state index contributed by atoms with van der Waals surface area (Å²) in [6, 6.07) is 9.75. The smallest absolute Gasteiger partial charge is 0.339 e. The SMILES string of the molecule is COC(=O)c1c(C)[nH]c(C(=O)N2CCCN(Cc3ccc(C#N)cc3)CC2)c1C. The lowest BCUT2D eigenvalue weighted by Crippen LogP contribution is -2.35. The molecule has 1 aromatic carbocycles. The number of H-pyrrole nitrogens is 1. The number of nitrogens with one attached hydrogen (secondary N) is 1. The van der Waals surface area contributed by atoms with Crippen LogP contribution in [-0.2, 0) is 11.3 Å². The zero-order chi connectivity index (χ0) is 21.0. The van der Waals surface area contributed by atoms with Crippen molar-refractivity contribution in [3.8, 4) is 6.07 Å². The summed E-state index contributed by atoms with van der Waals surface area (Å²) in [6.07, 6.45) is 0.880. The van der Waals surface area contributed by atoms with Gasteiger partial charge < -0.3 is 14.6 Å². The molecule has 2 aromatic rings. The van der Waals surface area contributed by atoms with Gasteiger partial charge in [-0.05, 0) is 43.5 Å². The fraction of sp³-hybridized carbons (Fsp3) is 0.409. The molecule has 1 aromatic heterocycles. The predicted molar refractivity (Wildman–Crippen MR) is 109 cm³/mol. The van der Waals surface area contributed by atoms with Gasteiger partial charge in [0.25, 0.3) is 5.91 Å². The maximum Gasteiger partial charge on any atom is 0.339 e. The number of nitriles is 1. The zero-order valence-electron chi connectivity index (χ0n) is 17.1. The lowest BCUT2D eigenvalue weighted by molar-refractivity contribution is 0.0599. The summed E-state index contributed by atoms with van der Waals surface area (Å²) in [7, 11) is 1.34. The maximum absolute atomic E-state index is 13.1. The number of amides is 1. The predicted octanol–water partition coefficient (Wildman–Crippen LogP) is 2.64. The number of hydrogen-bond acceptors (Lipinski definition) is 5. The molecule has 2 heterocycles. The van der Waals surface area contributed by atoms with E-state index in [2.05, 4.69) is 16.0 Å². The Morgan fingerprint density at radius 3 is 2.52 bits per heavy atom. The summed E-state index contributed by atoms with van der Waals surface area (Å²) >= 11 is 0. The van der Waals surface area contributed by atoms with Crippen molar-refractivity contribution in [1.29, 1.82) is 5.26 Å². The molecule has 0 aliphatic carbocycles. The highest BCUT2D eigenvalue weighted by atomic mass is 16.5. The Labute approximate surface area is 170 Å². The van der Waals surface area contributed by atoms with Crippen molar-refractivity contribution in [3.05, 3.63) is 57.9 Å². The number of methoxy groups -OCH3 is 1. The van der Waals surface area contributed by atoms with Crippen LogP contribution >= 0.6 is 0 Å². The fourth-order valence-electron chi connectivity index (χ4n) is 3.81. The van der Waals surface area contributed by atoms with Crippen molar-refractivity contribution in [2.75, 3.05) is 33.3 Å². The number of carbonyl (C=O) groups is 2. The quantitative estimate of drug-likeness (QED) is 0.805. The minimum absolute atomic E-state index is 0.0824. The first kappa shape index (κ1) is 20.6. The van der Waals surface area contributed by atoms with Crippen molar-refractivity contribution >= 4 is 11.9 Å². The van der Waals surface area contributed by atoms with Crippen LogP contribution in [0.15, 0.2) is 24.3 Å². The standard InChI is InChI=1S/C22H26N4O3/c1-15-19(22(28)29-3)16(2)24-20(15)21(27)26-10-4-9-25(11-12-26)14-18-7-5-17(13-23)6-8-18/h5-8,24H,4,9-12,14H2,1-3H3. The van der Waals surface area contributed by atoms with Crippen LogP contribution in [0.4, 0.5) is 0 Å². The molecule has 1 fully saturated rings. The molecule has 0 bridgehead atoms. The molecule has 1 aliphatic rings. The van der Waals surface area contributed by atoms with Crippen LogP contribution < -0.4 is 0 Å². The normalized spacial score (nSPS) is 14.9. The third-order valence-electron chi connectivity index (χ3n) is 5.41. The molecule has 0 atom stereocenters. The molecule has 1 aliphatic heterocycles. The van der Waals surface area contributed by atoms with Crippen LogP contribution in [0.2, 0.25) is 0 Å². The molecule has 1 amide bonds. The van der Waals surface area contributed by atoms with Crippen molar-refractivity contribution < 1.29 is 14.3 Å². The van der Waals surface area contributed by atoms with Gasteiger partial charge in [-0.2, -0.15) is 5.26 Å². The summed E-state index contributed by atoms with van der Waals surface area (Å²) in [4.78, 5) is 32.3. The van der Waals surface area contributed by atoms with Crippen molar-refractivity contribution in [1.82, 2.24) is 14.8 Å². The molecular weight excluding hydrogens is 368 g/mol. The van der Waals surface area contributed by atoms with Gasteiger partial charge in [-0.3, -0.25) is 9.69 Å². The van der Waals surface area contributed by atoms with E-state index in [0.717, 1.165) is 31.6 Å². The molecule has 7 nitrogen and oxygen atoms in total. The summed E-state index contributed by atoms with van der Waals surface area (Å²) in [5.74, 6) is -0.513. The second kappa shape index (κ2) is 8.93. The first-order valence-corrected chi connectivity index (χ1v) is 9.72. The highest BCUT2D eigenvalue weighted by Crippen LogP contribution is 2.21. The van der Waals surface area contributed by atoms with Gasteiger partial charge in [0.05, 0.1) is 24.3 Å². The minimum atomic E-state index is -0.431. The van der Waals surface area contributed by atoms with E-state index in [1.165, 1.54) is 7.11 Å². The number of nitrogens with zero attached hydrogens (tertiary/aromatic N) is 3. The van der Waals surface area contributed by atoms with Crippen LogP contribution in [0.25, 0.3) is 0 Å². The number of rotatable bonds is 4. The number of ether oxygens (including phenoxy) is 1. The minimum Gasteiger partial charge on any atom is -0.465 e. The number of aromatic nitrogens is 1. The number of benzene rings is 1. The Hall–Kier alpha value is -3.11. The number of hydrogen-bond donors (Lipinski definition) is 1. The van der Waals surface area contributed by atoms with Crippen molar-refractivity contribution in [2.24, 2.45) is 0 Å². The number of carbonyl (C=O) groups excluding carboxylic acids is 2. The van der Waals surface area contributed by atoms with E-state index in [9.17, 15) is 9.59 Å². The molecule has 29 heavy (non-hydrogen) atoms. The highest BCUT2D eigenvalue weighted by Gasteiger charge is 2.27. The van der Waals surface area contributed by atoms with Gasteiger partial charge in [0.2, 0.25) is 0 Å². The largest absolute Gasteiger partial charge is 0.465 e. The average Bonchev–Trinajstić information content (AvgIpc) is 2.88. The van der Waals surface area contributed by atoms with Gasteiger partial charge in [0.15, 0.2) is 0 Å². The van der Waals surface area contributed by atoms with Gasteiger partial charge >= 0.3 is 5.97 Å². The first-order valence-electron chi connectivity index (χ1n) is 9.72. The van der Waals surface area contributed by atoms with E-state index < -0.39 is 5.97 Å².